The van der Waals surface area contributed by atoms with Crippen molar-refractivity contribution in [1.29, 1.82) is 0 Å². The average molecular weight is 293 g/mol. The maximum atomic E-state index is 13.5. The van der Waals surface area contributed by atoms with Crippen molar-refractivity contribution < 1.29 is 9.18 Å². The van der Waals surface area contributed by atoms with Crippen LogP contribution in [0.3, 0.4) is 0 Å². The molecule has 1 unspecified atom stereocenters. The topological polar surface area (TPSA) is 58.4 Å². The van der Waals surface area contributed by atoms with E-state index in [0.717, 1.165) is 25.6 Å². The third-order valence-electron chi connectivity index (χ3n) is 4.17. The van der Waals surface area contributed by atoms with Gasteiger partial charge in [-0.3, -0.25) is 4.79 Å². The van der Waals surface area contributed by atoms with E-state index in [0.29, 0.717) is 18.0 Å². The van der Waals surface area contributed by atoms with E-state index in [9.17, 15) is 9.18 Å². The number of benzene rings is 1. The molecule has 2 rings (SSSR count). The van der Waals surface area contributed by atoms with Crippen molar-refractivity contribution >= 4 is 17.3 Å². The zero-order valence-electron chi connectivity index (χ0n) is 12.7. The van der Waals surface area contributed by atoms with E-state index in [4.69, 9.17) is 5.73 Å². The van der Waals surface area contributed by atoms with Crippen LogP contribution in [0.4, 0.5) is 15.8 Å². The summed E-state index contributed by atoms with van der Waals surface area (Å²) in [6, 6.07) is 4.18. The van der Waals surface area contributed by atoms with E-state index in [1.165, 1.54) is 24.6 Å². The van der Waals surface area contributed by atoms with Crippen molar-refractivity contribution in [1.82, 2.24) is 4.90 Å². The molecule has 4 nitrogen and oxygen atoms in total. The van der Waals surface area contributed by atoms with Gasteiger partial charge >= 0.3 is 0 Å². The van der Waals surface area contributed by atoms with Gasteiger partial charge in [0.15, 0.2) is 0 Å². The summed E-state index contributed by atoms with van der Waals surface area (Å²) in [5.74, 6) is 0.774. The maximum Gasteiger partial charge on any atom is 0.225 e. The molecule has 1 aliphatic rings. The van der Waals surface area contributed by atoms with Gasteiger partial charge in [-0.05, 0) is 43.0 Å². The molecule has 1 saturated heterocycles. The molecule has 116 valence electrons. The number of nitrogens with two attached hydrogens (primary N) is 1. The molecule has 1 heterocycles. The lowest BCUT2D eigenvalue weighted by Gasteiger charge is -2.17. The van der Waals surface area contributed by atoms with Gasteiger partial charge in [0.1, 0.15) is 5.82 Å². The predicted molar refractivity (Wildman–Crippen MR) is 83.4 cm³/mol. The van der Waals surface area contributed by atoms with Crippen LogP contribution >= 0.6 is 0 Å². The summed E-state index contributed by atoms with van der Waals surface area (Å²) < 4.78 is 13.5. The van der Waals surface area contributed by atoms with E-state index in [-0.39, 0.29) is 11.6 Å². The summed E-state index contributed by atoms with van der Waals surface area (Å²) in [6.45, 7) is 7.30. The van der Waals surface area contributed by atoms with Gasteiger partial charge in [-0.2, -0.15) is 0 Å². The molecular formula is C16H24FN3O. The molecule has 5 heteroatoms. The summed E-state index contributed by atoms with van der Waals surface area (Å²) >= 11 is 0. The van der Waals surface area contributed by atoms with Crippen molar-refractivity contribution in [2.75, 3.05) is 30.7 Å². The molecular weight excluding hydrogens is 269 g/mol. The first-order chi connectivity index (χ1) is 9.95. The Kier molecular flexibility index (Phi) is 5.17. The second-order valence-electron chi connectivity index (χ2n) is 6.13. The molecule has 1 aromatic rings. The number of hydrogen-bond acceptors (Lipinski definition) is 3. The van der Waals surface area contributed by atoms with Gasteiger partial charge in [0, 0.05) is 25.2 Å². The van der Waals surface area contributed by atoms with Crippen molar-refractivity contribution in [3.8, 4) is 0 Å². The molecule has 1 amide bonds. The van der Waals surface area contributed by atoms with Crippen LogP contribution < -0.4 is 11.1 Å². The molecule has 0 radical (unpaired) electrons. The van der Waals surface area contributed by atoms with Gasteiger partial charge in [-0.25, -0.2) is 4.39 Å². The van der Waals surface area contributed by atoms with Crippen molar-refractivity contribution in [2.24, 2.45) is 11.8 Å². The lowest BCUT2D eigenvalue weighted by molar-refractivity contribution is -0.116. The van der Waals surface area contributed by atoms with Gasteiger partial charge in [0.25, 0.3) is 0 Å². The number of rotatable bonds is 5. The molecule has 1 aromatic carbocycles. The molecule has 1 atom stereocenters. The Hall–Kier alpha value is -1.62. The number of likely N-dealkylation sites (tertiary alicyclic amines) is 1. The summed E-state index contributed by atoms with van der Waals surface area (Å²) in [7, 11) is 0. The number of hydrogen-bond donors (Lipinski definition) is 2. The fourth-order valence-corrected chi connectivity index (χ4v) is 2.72. The van der Waals surface area contributed by atoms with Gasteiger partial charge in [0.2, 0.25) is 5.91 Å². The fourth-order valence-electron chi connectivity index (χ4n) is 2.72. The Labute approximate surface area is 125 Å². The Morgan fingerprint density at radius 3 is 2.95 bits per heavy atom. The number of carbonyl (C=O) groups is 1. The van der Waals surface area contributed by atoms with Crippen LogP contribution in [-0.2, 0) is 4.79 Å². The van der Waals surface area contributed by atoms with E-state index >= 15 is 0 Å². The molecule has 0 spiro atoms. The largest absolute Gasteiger partial charge is 0.399 e. The van der Waals surface area contributed by atoms with Crippen LogP contribution in [0.25, 0.3) is 0 Å². The third kappa shape index (κ3) is 4.43. The number of nitrogens with one attached hydrogen (secondary N) is 1. The Morgan fingerprint density at radius 2 is 2.29 bits per heavy atom. The van der Waals surface area contributed by atoms with E-state index in [2.05, 4.69) is 24.1 Å². The number of nitrogens with zero attached hydrogens (tertiary/aromatic N) is 1. The molecule has 0 aromatic heterocycles. The highest BCUT2D eigenvalue weighted by Crippen LogP contribution is 2.23. The van der Waals surface area contributed by atoms with E-state index in [1.807, 2.05) is 0 Å². The lowest BCUT2D eigenvalue weighted by atomic mass is 9.95. The smallest absolute Gasteiger partial charge is 0.225 e. The zero-order valence-corrected chi connectivity index (χ0v) is 12.7. The molecule has 0 saturated carbocycles. The number of nitrogen functional groups attached to an aromatic ring is 1. The van der Waals surface area contributed by atoms with Crippen molar-refractivity contribution in [3.05, 3.63) is 24.0 Å². The fraction of sp³-hybridized carbons (Fsp3) is 0.562. The number of anilines is 2. The Bertz CT molecular complexity index is 504. The Morgan fingerprint density at radius 1 is 1.52 bits per heavy atom. The highest BCUT2D eigenvalue weighted by molar-refractivity contribution is 5.91. The second-order valence-corrected chi connectivity index (χ2v) is 6.13. The van der Waals surface area contributed by atoms with Crippen LogP contribution in [0.2, 0.25) is 0 Å². The normalized spacial score (nSPS) is 19.1. The number of amides is 1. The zero-order chi connectivity index (χ0) is 15.4. The van der Waals surface area contributed by atoms with Crippen LogP contribution in [0.15, 0.2) is 18.2 Å². The molecule has 3 N–H and O–H groups in total. The second kappa shape index (κ2) is 6.89. The highest BCUT2D eigenvalue weighted by atomic mass is 19.1. The summed E-state index contributed by atoms with van der Waals surface area (Å²) in [5.41, 5.74) is 6.18. The molecule has 21 heavy (non-hydrogen) atoms. The standard InChI is InChI=1S/C16H24FN3O/c1-11(2)12-5-7-20(10-12)8-6-16(21)19-15-9-13(18)3-4-14(15)17/h3-4,9,11-12H,5-8,10,18H2,1-2H3,(H,19,21). The minimum Gasteiger partial charge on any atom is -0.399 e. The maximum absolute atomic E-state index is 13.5. The van der Waals surface area contributed by atoms with Crippen LogP contribution in [0.1, 0.15) is 26.7 Å². The summed E-state index contributed by atoms with van der Waals surface area (Å²) in [5, 5.41) is 2.59. The van der Waals surface area contributed by atoms with Crippen molar-refractivity contribution in [2.45, 2.75) is 26.7 Å². The van der Waals surface area contributed by atoms with Crippen LogP contribution in [0.5, 0.6) is 0 Å². The molecule has 1 aliphatic heterocycles. The number of halogens is 1. The van der Waals surface area contributed by atoms with Gasteiger partial charge in [-0.15, -0.1) is 0 Å². The third-order valence-corrected chi connectivity index (χ3v) is 4.17. The molecule has 0 aliphatic carbocycles. The SMILES string of the molecule is CC(C)C1CCN(CCC(=O)Nc2cc(N)ccc2F)C1. The summed E-state index contributed by atoms with van der Waals surface area (Å²) in [4.78, 5) is 14.2. The van der Waals surface area contributed by atoms with Gasteiger partial charge in [0.05, 0.1) is 5.69 Å². The minimum atomic E-state index is -0.460. The van der Waals surface area contributed by atoms with Gasteiger partial charge < -0.3 is 16.0 Å². The van der Waals surface area contributed by atoms with Gasteiger partial charge in [-0.1, -0.05) is 13.8 Å². The highest BCUT2D eigenvalue weighted by Gasteiger charge is 2.24. The van der Waals surface area contributed by atoms with Crippen LogP contribution in [0, 0.1) is 17.7 Å². The predicted octanol–water partition coefficient (Wildman–Crippen LogP) is 2.71. The summed E-state index contributed by atoms with van der Waals surface area (Å²) in [6.07, 6.45) is 1.57. The quantitative estimate of drug-likeness (QED) is 0.821. The number of carbonyl (C=O) groups excluding carboxylic acids is 1. The first kappa shape index (κ1) is 15.8. The van der Waals surface area contributed by atoms with Crippen molar-refractivity contribution in [3.63, 3.8) is 0 Å². The Balaban J connectivity index is 1.79. The van der Waals surface area contributed by atoms with E-state index < -0.39 is 5.82 Å². The lowest BCUT2D eigenvalue weighted by Crippen LogP contribution is -2.26. The molecule has 1 fully saturated rings. The first-order valence-corrected chi connectivity index (χ1v) is 7.53. The molecule has 0 bridgehead atoms. The van der Waals surface area contributed by atoms with E-state index in [1.54, 1.807) is 0 Å². The monoisotopic (exact) mass is 293 g/mol. The first-order valence-electron chi connectivity index (χ1n) is 7.53. The van der Waals surface area contributed by atoms with Crippen LogP contribution in [-0.4, -0.2) is 30.4 Å². The average Bonchev–Trinajstić information content (AvgIpc) is 2.90. The minimum absolute atomic E-state index is 0.154.